The topological polar surface area (TPSA) is 69.8 Å². The molecule has 156 valence electrons. The van der Waals surface area contributed by atoms with Crippen molar-refractivity contribution in [2.75, 3.05) is 20.2 Å². The number of rotatable bonds is 4. The van der Waals surface area contributed by atoms with Gasteiger partial charge in [0.05, 0.1) is 36.8 Å². The van der Waals surface area contributed by atoms with Crippen LogP contribution < -0.4 is 10.1 Å². The van der Waals surface area contributed by atoms with Gasteiger partial charge in [-0.05, 0) is 36.8 Å². The van der Waals surface area contributed by atoms with Crippen LogP contribution in [-0.4, -0.2) is 44.7 Å². The van der Waals surface area contributed by atoms with Crippen LogP contribution in [0.4, 0.5) is 0 Å². The lowest BCUT2D eigenvalue weighted by molar-refractivity contribution is 0.415. The van der Waals surface area contributed by atoms with E-state index in [4.69, 9.17) is 9.72 Å². The van der Waals surface area contributed by atoms with Gasteiger partial charge in [0.15, 0.2) is 0 Å². The summed E-state index contributed by atoms with van der Waals surface area (Å²) in [5.41, 5.74) is 7.85. The molecule has 31 heavy (non-hydrogen) atoms. The van der Waals surface area contributed by atoms with Crippen molar-refractivity contribution in [1.29, 1.82) is 0 Å². The monoisotopic (exact) mass is 412 g/mol. The fraction of sp³-hybridized carbons (Fsp3) is 0.375. The van der Waals surface area contributed by atoms with E-state index in [-0.39, 0.29) is 5.54 Å². The van der Waals surface area contributed by atoms with Crippen molar-refractivity contribution >= 4 is 11.0 Å². The van der Waals surface area contributed by atoms with Crippen molar-refractivity contribution in [2.24, 2.45) is 5.92 Å². The van der Waals surface area contributed by atoms with Crippen LogP contribution in [0.3, 0.4) is 0 Å². The highest BCUT2D eigenvalue weighted by molar-refractivity contribution is 5.84. The molecule has 1 saturated carbocycles. The highest BCUT2D eigenvalue weighted by Crippen LogP contribution is 2.52. The Morgan fingerprint density at radius 2 is 2.16 bits per heavy atom. The molecule has 1 aromatic carbocycles. The molecule has 0 bridgehead atoms. The van der Waals surface area contributed by atoms with Crippen molar-refractivity contribution in [3.8, 4) is 22.7 Å². The molecule has 1 aliphatic heterocycles. The summed E-state index contributed by atoms with van der Waals surface area (Å²) in [6, 6.07) is 8.59. The quantitative estimate of drug-likeness (QED) is 0.558. The van der Waals surface area contributed by atoms with E-state index in [2.05, 4.69) is 50.7 Å². The number of benzene rings is 1. The predicted octanol–water partition coefficient (Wildman–Crippen LogP) is 3.10. The lowest BCUT2D eigenvalue weighted by Gasteiger charge is -2.13. The number of methoxy groups -OCH3 is 1. The molecule has 0 amide bonds. The van der Waals surface area contributed by atoms with Crippen molar-refractivity contribution in [3.63, 3.8) is 0 Å². The molecule has 3 aromatic heterocycles. The second-order valence-corrected chi connectivity index (χ2v) is 9.08. The number of pyridine rings is 1. The zero-order valence-electron chi connectivity index (χ0n) is 17.5. The predicted molar refractivity (Wildman–Crippen MR) is 118 cm³/mol. The minimum Gasteiger partial charge on any atom is -0.494 e. The largest absolute Gasteiger partial charge is 0.494 e. The molecule has 0 radical (unpaired) electrons. The van der Waals surface area contributed by atoms with Crippen LogP contribution in [0, 0.1) is 5.92 Å². The third-order valence-corrected chi connectivity index (χ3v) is 7.43. The summed E-state index contributed by atoms with van der Waals surface area (Å²) in [7, 11) is 1.72. The Morgan fingerprint density at radius 3 is 3.00 bits per heavy atom. The van der Waals surface area contributed by atoms with Gasteiger partial charge in [0, 0.05) is 30.6 Å². The second kappa shape index (κ2) is 6.17. The number of ether oxygens (including phenoxy) is 1. The van der Waals surface area contributed by atoms with Gasteiger partial charge in [-0.3, -0.25) is 4.68 Å². The summed E-state index contributed by atoms with van der Waals surface area (Å²) in [6.45, 7) is 2.09. The average Bonchev–Trinajstić information content (AvgIpc) is 3.38. The van der Waals surface area contributed by atoms with E-state index >= 15 is 0 Å². The van der Waals surface area contributed by atoms with Gasteiger partial charge in [-0.15, -0.1) is 0 Å². The Kier molecular flexibility index (Phi) is 3.48. The number of hydrogen-bond acceptors (Lipinski definition) is 5. The van der Waals surface area contributed by atoms with Crippen molar-refractivity contribution in [2.45, 2.75) is 31.2 Å². The molecular weight excluding hydrogens is 388 g/mol. The lowest BCUT2D eigenvalue weighted by Crippen LogP contribution is -2.25. The third-order valence-electron chi connectivity index (χ3n) is 7.43. The molecule has 2 unspecified atom stereocenters. The molecule has 0 spiro atoms. The number of aryl methyl sites for hydroxylation is 1. The summed E-state index contributed by atoms with van der Waals surface area (Å²) >= 11 is 0. The number of aromatic nitrogens is 5. The Bertz CT molecular complexity index is 1340. The van der Waals surface area contributed by atoms with Crippen LogP contribution in [0.5, 0.6) is 5.75 Å². The highest BCUT2D eigenvalue weighted by Gasteiger charge is 2.59. The van der Waals surface area contributed by atoms with E-state index in [9.17, 15) is 0 Å². The molecule has 1 saturated heterocycles. The zero-order valence-corrected chi connectivity index (χ0v) is 17.5. The van der Waals surface area contributed by atoms with Gasteiger partial charge in [-0.2, -0.15) is 10.2 Å². The maximum atomic E-state index is 5.80. The molecule has 2 atom stereocenters. The van der Waals surface area contributed by atoms with Gasteiger partial charge in [0.1, 0.15) is 22.6 Å². The Hall–Kier alpha value is -3.19. The first-order chi connectivity index (χ1) is 15.3. The van der Waals surface area contributed by atoms with Gasteiger partial charge < -0.3 is 10.1 Å². The molecule has 7 heteroatoms. The summed E-state index contributed by atoms with van der Waals surface area (Å²) in [5.74, 6) is 1.48. The maximum absolute atomic E-state index is 5.80. The van der Waals surface area contributed by atoms with Gasteiger partial charge >= 0.3 is 0 Å². The van der Waals surface area contributed by atoms with Crippen molar-refractivity contribution < 1.29 is 4.74 Å². The third kappa shape index (κ3) is 2.41. The number of hydrogen-bond donors (Lipinski definition) is 1. The Balaban J connectivity index is 1.33. The summed E-state index contributed by atoms with van der Waals surface area (Å²) in [6.07, 6.45) is 10.5. The molecule has 1 N–H and O–H groups in total. The number of nitrogens with zero attached hydrogens (tertiary/aromatic N) is 5. The van der Waals surface area contributed by atoms with E-state index in [1.54, 1.807) is 7.11 Å². The molecule has 4 aromatic rings. The van der Waals surface area contributed by atoms with Crippen LogP contribution in [0.2, 0.25) is 0 Å². The molecule has 7 nitrogen and oxygen atoms in total. The zero-order chi connectivity index (χ0) is 20.6. The summed E-state index contributed by atoms with van der Waals surface area (Å²) < 4.78 is 9.86. The smallest absolute Gasteiger partial charge is 0.147 e. The fourth-order valence-electron chi connectivity index (χ4n) is 5.67. The van der Waals surface area contributed by atoms with Crippen LogP contribution in [-0.2, 0) is 18.4 Å². The van der Waals surface area contributed by atoms with Gasteiger partial charge in [0.25, 0.3) is 0 Å². The van der Waals surface area contributed by atoms with Gasteiger partial charge in [-0.25, -0.2) is 9.67 Å². The minimum absolute atomic E-state index is 0.165. The van der Waals surface area contributed by atoms with E-state index in [0.717, 1.165) is 54.1 Å². The number of nitrogens with one attached hydrogen (secondary N) is 1. The standard InChI is InChI=1S/C24H24N6O/c1-31-22-8-21-20(28-23(22)19-7-3-5-15-4-2-6-18(15)19)12-27-30(21)17-11-26-29(13-17)24-9-16(24)10-25-14-24/h3,5,7-8,11-13,16,25H,2,4,6,9-10,14H2,1H3. The van der Waals surface area contributed by atoms with E-state index in [1.807, 2.05) is 17.1 Å². The first-order valence-corrected chi connectivity index (χ1v) is 11.1. The summed E-state index contributed by atoms with van der Waals surface area (Å²) in [4.78, 5) is 5.00. The van der Waals surface area contributed by atoms with Crippen LogP contribution >= 0.6 is 0 Å². The first-order valence-electron chi connectivity index (χ1n) is 11.1. The molecule has 2 fully saturated rings. The van der Waals surface area contributed by atoms with Crippen LogP contribution in [0.15, 0.2) is 42.9 Å². The van der Waals surface area contributed by atoms with Gasteiger partial charge in [-0.1, -0.05) is 18.2 Å². The average molecular weight is 412 g/mol. The van der Waals surface area contributed by atoms with Crippen LogP contribution in [0.25, 0.3) is 28.0 Å². The van der Waals surface area contributed by atoms with E-state index < -0.39 is 0 Å². The molecule has 7 rings (SSSR count). The second-order valence-electron chi connectivity index (χ2n) is 9.08. The Labute approximate surface area is 180 Å². The highest BCUT2D eigenvalue weighted by atomic mass is 16.5. The first kappa shape index (κ1) is 17.5. The lowest BCUT2D eigenvalue weighted by atomic mass is 9.99. The van der Waals surface area contributed by atoms with Crippen molar-refractivity contribution in [1.82, 2.24) is 29.9 Å². The van der Waals surface area contributed by atoms with Crippen molar-refractivity contribution in [3.05, 3.63) is 54.0 Å². The van der Waals surface area contributed by atoms with E-state index in [1.165, 1.54) is 29.5 Å². The Morgan fingerprint density at radius 1 is 1.19 bits per heavy atom. The number of fused-ring (bicyclic) bond motifs is 3. The maximum Gasteiger partial charge on any atom is 0.147 e. The molecule has 3 aliphatic rings. The molecule has 2 aliphatic carbocycles. The summed E-state index contributed by atoms with van der Waals surface area (Å²) in [5, 5.41) is 12.8. The van der Waals surface area contributed by atoms with Gasteiger partial charge in [0.2, 0.25) is 0 Å². The minimum atomic E-state index is 0.165. The fourth-order valence-corrected chi connectivity index (χ4v) is 5.67. The molecule has 4 heterocycles. The number of piperidine rings is 1. The van der Waals surface area contributed by atoms with Crippen LogP contribution in [0.1, 0.15) is 24.0 Å². The van der Waals surface area contributed by atoms with E-state index in [0.29, 0.717) is 5.92 Å². The SMILES string of the molecule is COc1cc2c(cnn2-c2cnn(C34CNCC3C4)c2)nc1-c1cccc2c1CCC2. The normalized spacial score (nSPS) is 23.8. The molecular formula is C24H24N6O.